The molecule has 37 heavy (non-hydrogen) atoms. The fourth-order valence-electron chi connectivity index (χ4n) is 3.97. The number of nitrogens with one attached hydrogen (secondary N) is 1. The van der Waals surface area contributed by atoms with Crippen LogP contribution in [0.3, 0.4) is 0 Å². The monoisotopic (exact) mass is 509 g/mol. The first-order valence-electron chi connectivity index (χ1n) is 11.8. The SMILES string of the molecule is COc1cccc(-c2cc(-c3ccccc3)nc(SCCC(=O)Nc3ccccc3C)c2C#N)c1OC. The van der Waals surface area contributed by atoms with Gasteiger partial charge in [0, 0.05) is 34.6 Å². The smallest absolute Gasteiger partial charge is 0.225 e. The number of benzene rings is 3. The van der Waals surface area contributed by atoms with Crippen molar-refractivity contribution in [3.8, 4) is 40.0 Å². The molecule has 7 heteroatoms. The van der Waals surface area contributed by atoms with Gasteiger partial charge in [0.2, 0.25) is 5.91 Å². The second kappa shape index (κ2) is 12.1. The number of hydrogen-bond acceptors (Lipinski definition) is 6. The number of rotatable bonds is 9. The summed E-state index contributed by atoms with van der Waals surface area (Å²) < 4.78 is 11.2. The molecule has 4 rings (SSSR count). The number of amides is 1. The standard InChI is InChI=1S/C30H27N3O3S/c1-20-10-7-8-14-25(20)32-28(34)16-17-37-30-24(19-31)23(18-26(33-30)21-11-5-4-6-12-21)22-13-9-15-27(35-2)29(22)36-3/h4-15,18H,16-17H2,1-3H3,(H,32,34). The molecule has 0 unspecified atom stereocenters. The molecule has 3 aromatic carbocycles. The van der Waals surface area contributed by atoms with Crippen LogP contribution in [0.1, 0.15) is 17.5 Å². The first-order valence-corrected chi connectivity index (χ1v) is 12.7. The molecule has 1 heterocycles. The Kier molecular flexibility index (Phi) is 8.44. The maximum Gasteiger partial charge on any atom is 0.225 e. The molecule has 0 spiro atoms. The number of carbonyl (C=O) groups is 1. The third-order valence-corrected chi connectivity index (χ3v) is 6.82. The maximum atomic E-state index is 12.6. The molecule has 0 fully saturated rings. The summed E-state index contributed by atoms with van der Waals surface area (Å²) in [6, 6.07) is 27.3. The van der Waals surface area contributed by atoms with Crippen LogP contribution in [0.5, 0.6) is 11.5 Å². The maximum absolute atomic E-state index is 12.6. The molecular formula is C30H27N3O3S. The molecule has 186 valence electrons. The minimum atomic E-state index is -0.0887. The topological polar surface area (TPSA) is 84.2 Å². The van der Waals surface area contributed by atoms with E-state index < -0.39 is 0 Å². The molecule has 0 bridgehead atoms. The molecule has 0 aliphatic heterocycles. The number of nitriles is 1. The molecule has 1 aromatic heterocycles. The Bertz CT molecular complexity index is 1450. The number of ether oxygens (including phenoxy) is 2. The highest BCUT2D eigenvalue weighted by Crippen LogP contribution is 2.42. The molecule has 6 nitrogen and oxygen atoms in total. The minimum absolute atomic E-state index is 0.0887. The van der Waals surface area contributed by atoms with Crippen molar-refractivity contribution in [1.29, 1.82) is 5.26 Å². The predicted molar refractivity (Wildman–Crippen MR) is 148 cm³/mol. The van der Waals surface area contributed by atoms with Gasteiger partial charge in [-0.05, 0) is 30.7 Å². The number of hydrogen-bond donors (Lipinski definition) is 1. The second-order valence-electron chi connectivity index (χ2n) is 8.22. The van der Waals surface area contributed by atoms with Crippen molar-refractivity contribution in [1.82, 2.24) is 4.98 Å². The summed E-state index contributed by atoms with van der Waals surface area (Å²) in [7, 11) is 3.16. The molecular weight excluding hydrogens is 482 g/mol. The Morgan fingerprint density at radius 3 is 2.43 bits per heavy atom. The van der Waals surface area contributed by atoms with Crippen molar-refractivity contribution in [2.45, 2.75) is 18.4 Å². The van der Waals surface area contributed by atoms with Crippen LogP contribution in [0.4, 0.5) is 5.69 Å². The predicted octanol–water partition coefficient (Wildman–Crippen LogP) is 6.73. The third-order valence-electron chi connectivity index (χ3n) is 5.85. The van der Waals surface area contributed by atoms with Gasteiger partial charge in [-0.3, -0.25) is 4.79 Å². The summed E-state index contributed by atoms with van der Waals surface area (Å²) in [6.07, 6.45) is 0.277. The van der Waals surface area contributed by atoms with Crippen LogP contribution in [0.15, 0.2) is 83.9 Å². The Morgan fingerprint density at radius 2 is 1.73 bits per heavy atom. The van der Waals surface area contributed by atoms with Crippen LogP contribution in [-0.4, -0.2) is 30.9 Å². The lowest BCUT2D eigenvalue weighted by molar-refractivity contribution is -0.115. The highest BCUT2D eigenvalue weighted by molar-refractivity contribution is 7.99. The minimum Gasteiger partial charge on any atom is -0.493 e. The van der Waals surface area contributed by atoms with Crippen molar-refractivity contribution in [2.75, 3.05) is 25.3 Å². The van der Waals surface area contributed by atoms with E-state index in [1.807, 2.05) is 85.8 Å². The fraction of sp³-hybridized carbons (Fsp3) is 0.167. The Morgan fingerprint density at radius 1 is 0.973 bits per heavy atom. The number of anilines is 1. The van der Waals surface area contributed by atoms with Crippen LogP contribution >= 0.6 is 11.8 Å². The van der Waals surface area contributed by atoms with Crippen molar-refractivity contribution in [3.05, 3.63) is 90.0 Å². The zero-order valence-corrected chi connectivity index (χ0v) is 21.8. The fourth-order valence-corrected chi connectivity index (χ4v) is 4.91. The Balaban J connectivity index is 1.69. The van der Waals surface area contributed by atoms with Gasteiger partial charge in [0.05, 0.1) is 25.5 Å². The van der Waals surface area contributed by atoms with Crippen LogP contribution < -0.4 is 14.8 Å². The number of aryl methyl sites for hydroxylation is 1. The van der Waals surface area contributed by atoms with Crippen molar-refractivity contribution in [2.24, 2.45) is 0 Å². The summed E-state index contributed by atoms with van der Waals surface area (Å²) >= 11 is 1.39. The van der Waals surface area contributed by atoms with E-state index in [1.54, 1.807) is 14.2 Å². The molecule has 1 amide bonds. The number of para-hydroxylation sites is 2. The van der Waals surface area contributed by atoms with Gasteiger partial charge in [-0.15, -0.1) is 11.8 Å². The molecule has 0 saturated carbocycles. The van der Waals surface area contributed by atoms with Crippen LogP contribution in [0, 0.1) is 18.3 Å². The van der Waals surface area contributed by atoms with E-state index >= 15 is 0 Å². The lowest BCUT2D eigenvalue weighted by Crippen LogP contribution is -2.13. The zero-order chi connectivity index (χ0) is 26.2. The summed E-state index contributed by atoms with van der Waals surface area (Å²) in [5.41, 5.74) is 5.31. The number of carbonyl (C=O) groups excluding carboxylic acids is 1. The molecule has 4 aromatic rings. The molecule has 0 radical (unpaired) electrons. The molecule has 0 saturated heterocycles. The van der Waals surface area contributed by atoms with E-state index in [9.17, 15) is 10.1 Å². The first kappa shape index (κ1) is 25.8. The summed E-state index contributed by atoms with van der Waals surface area (Å²) in [5, 5.41) is 13.7. The van der Waals surface area contributed by atoms with Gasteiger partial charge in [0.25, 0.3) is 0 Å². The van der Waals surface area contributed by atoms with Gasteiger partial charge in [-0.25, -0.2) is 4.98 Å². The normalized spacial score (nSPS) is 10.4. The largest absolute Gasteiger partial charge is 0.493 e. The number of aromatic nitrogens is 1. The van der Waals surface area contributed by atoms with E-state index in [0.29, 0.717) is 33.4 Å². The average Bonchev–Trinajstić information content (AvgIpc) is 2.93. The van der Waals surface area contributed by atoms with Gasteiger partial charge >= 0.3 is 0 Å². The molecule has 0 atom stereocenters. The summed E-state index contributed by atoms with van der Waals surface area (Å²) in [5.74, 6) is 1.49. The van der Waals surface area contributed by atoms with E-state index in [1.165, 1.54) is 11.8 Å². The molecule has 1 N–H and O–H groups in total. The van der Waals surface area contributed by atoms with Gasteiger partial charge in [-0.2, -0.15) is 5.26 Å². The molecule has 0 aliphatic carbocycles. The van der Waals surface area contributed by atoms with Crippen LogP contribution in [0.2, 0.25) is 0 Å². The van der Waals surface area contributed by atoms with Crippen molar-refractivity contribution >= 4 is 23.4 Å². The Labute approximate surface area is 221 Å². The Hall–Kier alpha value is -4.28. The van der Waals surface area contributed by atoms with Gasteiger partial charge in [-0.1, -0.05) is 60.7 Å². The lowest BCUT2D eigenvalue weighted by atomic mass is 9.98. The van der Waals surface area contributed by atoms with E-state index in [2.05, 4.69) is 11.4 Å². The quantitative estimate of drug-likeness (QED) is 0.252. The number of nitrogens with zero attached hydrogens (tertiary/aromatic N) is 2. The number of thioether (sulfide) groups is 1. The number of pyridine rings is 1. The zero-order valence-electron chi connectivity index (χ0n) is 20.9. The molecule has 0 aliphatic rings. The third kappa shape index (κ3) is 5.93. The van der Waals surface area contributed by atoms with Gasteiger partial charge in [0.15, 0.2) is 11.5 Å². The first-order chi connectivity index (χ1) is 18.0. The van der Waals surface area contributed by atoms with Crippen LogP contribution in [-0.2, 0) is 4.79 Å². The van der Waals surface area contributed by atoms with Gasteiger partial charge < -0.3 is 14.8 Å². The average molecular weight is 510 g/mol. The van der Waals surface area contributed by atoms with E-state index in [0.717, 1.165) is 28.1 Å². The summed E-state index contributed by atoms with van der Waals surface area (Å²) in [6.45, 7) is 1.96. The number of methoxy groups -OCH3 is 2. The van der Waals surface area contributed by atoms with E-state index in [4.69, 9.17) is 14.5 Å². The van der Waals surface area contributed by atoms with Gasteiger partial charge in [0.1, 0.15) is 11.1 Å². The highest BCUT2D eigenvalue weighted by Gasteiger charge is 2.20. The van der Waals surface area contributed by atoms with Crippen LogP contribution in [0.25, 0.3) is 22.4 Å². The highest BCUT2D eigenvalue weighted by atomic mass is 32.2. The van der Waals surface area contributed by atoms with Crippen molar-refractivity contribution in [3.63, 3.8) is 0 Å². The van der Waals surface area contributed by atoms with E-state index in [-0.39, 0.29) is 12.3 Å². The summed E-state index contributed by atoms with van der Waals surface area (Å²) in [4.78, 5) is 17.4. The lowest BCUT2D eigenvalue weighted by Gasteiger charge is -2.16. The second-order valence-corrected chi connectivity index (χ2v) is 9.30. The van der Waals surface area contributed by atoms with Crippen molar-refractivity contribution < 1.29 is 14.3 Å².